The zero-order valence-corrected chi connectivity index (χ0v) is 15.9. The molecule has 3 aromatic rings. The van der Waals surface area contributed by atoms with Crippen molar-refractivity contribution in [2.45, 2.75) is 26.1 Å². The normalized spacial score (nSPS) is 11.8. The fourth-order valence-corrected chi connectivity index (χ4v) is 2.83. The molecule has 0 spiro atoms. The van der Waals surface area contributed by atoms with E-state index in [0.29, 0.717) is 11.9 Å². The van der Waals surface area contributed by atoms with Gasteiger partial charge in [0.25, 0.3) is 11.5 Å². The van der Waals surface area contributed by atoms with Crippen LogP contribution in [0.5, 0.6) is 0 Å². The Morgan fingerprint density at radius 3 is 2.45 bits per heavy atom. The number of carbonyl (C=O) groups is 2. The van der Waals surface area contributed by atoms with Gasteiger partial charge in [0.15, 0.2) is 11.8 Å². The lowest BCUT2D eigenvalue weighted by molar-refractivity contribution is -0.129. The molecule has 0 unspecified atom stereocenters. The van der Waals surface area contributed by atoms with Gasteiger partial charge in [-0.3, -0.25) is 9.59 Å². The van der Waals surface area contributed by atoms with Crippen LogP contribution in [0.1, 0.15) is 23.0 Å². The summed E-state index contributed by atoms with van der Waals surface area (Å²) in [7, 11) is 0. The fourth-order valence-electron chi connectivity index (χ4n) is 2.83. The Hall–Kier alpha value is -3.52. The largest absolute Gasteiger partial charge is 0.448 e. The predicted molar refractivity (Wildman–Crippen MR) is 106 cm³/mol. The van der Waals surface area contributed by atoms with Gasteiger partial charge in [0.2, 0.25) is 0 Å². The Kier molecular flexibility index (Phi) is 6.36. The van der Waals surface area contributed by atoms with Crippen LogP contribution in [-0.2, 0) is 22.6 Å². The summed E-state index contributed by atoms with van der Waals surface area (Å²) < 4.78 is 6.29. The van der Waals surface area contributed by atoms with Crippen molar-refractivity contribution in [3.63, 3.8) is 0 Å². The first-order chi connectivity index (χ1) is 14.0. The zero-order valence-electron chi connectivity index (χ0n) is 15.9. The summed E-state index contributed by atoms with van der Waals surface area (Å²) in [5.41, 5.74) is 0.416. The van der Waals surface area contributed by atoms with Crippen LogP contribution in [0.15, 0.2) is 59.4 Å². The van der Waals surface area contributed by atoms with Crippen molar-refractivity contribution < 1.29 is 19.4 Å². The van der Waals surface area contributed by atoms with E-state index in [-0.39, 0.29) is 24.2 Å². The second-order valence-electron chi connectivity index (χ2n) is 6.40. The fraction of sp³-hybridized carbons (Fsp3) is 0.238. The van der Waals surface area contributed by atoms with Gasteiger partial charge in [0.1, 0.15) is 0 Å². The third kappa shape index (κ3) is 4.67. The molecule has 0 radical (unpaired) electrons. The number of aromatic nitrogens is 2. The summed E-state index contributed by atoms with van der Waals surface area (Å²) in [4.78, 5) is 37.4. The average Bonchev–Trinajstić information content (AvgIpc) is 2.74. The number of nitrogens with one attached hydrogen (secondary N) is 1. The van der Waals surface area contributed by atoms with Gasteiger partial charge in [0.05, 0.1) is 18.5 Å². The molecule has 3 rings (SSSR count). The van der Waals surface area contributed by atoms with Crippen LogP contribution in [0.3, 0.4) is 0 Å². The zero-order chi connectivity index (χ0) is 20.8. The number of benzene rings is 2. The van der Waals surface area contributed by atoms with Crippen LogP contribution in [-0.4, -0.2) is 39.5 Å². The van der Waals surface area contributed by atoms with Gasteiger partial charge < -0.3 is 15.2 Å². The number of carbonyl (C=O) groups excluding carboxylic acids is 2. The van der Waals surface area contributed by atoms with Crippen molar-refractivity contribution in [2.75, 3.05) is 6.61 Å². The molecule has 29 heavy (non-hydrogen) atoms. The van der Waals surface area contributed by atoms with E-state index in [1.807, 2.05) is 30.3 Å². The molecule has 0 aliphatic carbocycles. The van der Waals surface area contributed by atoms with Gasteiger partial charge in [-0.2, -0.15) is 5.10 Å². The Morgan fingerprint density at radius 1 is 1.10 bits per heavy atom. The van der Waals surface area contributed by atoms with Gasteiger partial charge in [-0.1, -0.05) is 48.5 Å². The number of ether oxygens (including phenoxy) is 1. The first kappa shape index (κ1) is 20.2. The van der Waals surface area contributed by atoms with Crippen LogP contribution in [0.25, 0.3) is 10.8 Å². The van der Waals surface area contributed by atoms with Crippen molar-refractivity contribution in [1.82, 2.24) is 15.1 Å². The van der Waals surface area contributed by atoms with E-state index in [1.165, 1.54) is 6.92 Å². The smallest absolute Gasteiger partial charge is 0.360 e. The molecule has 0 saturated carbocycles. The summed E-state index contributed by atoms with van der Waals surface area (Å²) in [5, 5.41) is 16.5. The van der Waals surface area contributed by atoms with Crippen LogP contribution in [0.2, 0.25) is 0 Å². The molecule has 1 amide bonds. The minimum absolute atomic E-state index is 0.0585. The quantitative estimate of drug-likeness (QED) is 0.583. The molecule has 2 aromatic carbocycles. The summed E-state index contributed by atoms with van der Waals surface area (Å²) in [5.74, 6) is -1.27. The molecule has 0 bridgehead atoms. The van der Waals surface area contributed by atoms with E-state index < -0.39 is 23.5 Å². The van der Waals surface area contributed by atoms with Gasteiger partial charge in [0, 0.05) is 11.9 Å². The number of hydrogen-bond donors (Lipinski definition) is 2. The Labute approximate surface area is 166 Å². The molecular weight excluding hydrogens is 374 g/mol. The Bertz CT molecular complexity index is 1080. The molecular formula is C21H21N3O5. The van der Waals surface area contributed by atoms with E-state index in [4.69, 9.17) is 9.84 Å². The maximum absolute atomic E-state index is 12.7. The number of rotatable bonds is 7. The SMILES string of the molecule is C[C@@H](OC(=O)c1nn(CCO)c(=O)c2ccccc12)C(=O)NCc1ccccc1. The number of fused-ring (bicyclic) bond motifs is 1. The maximum Gasteiger partial charge on any atom is 0.360 e. The molecule has 1 aromatic heterocycles. The van der Waals surface area contributed by atoms with Crippen LogP contribution >= 0.6 is 0 Å². The third-order valence-corrected chi connectivity index (χ3v) is 4.34. The number of amides is 1. The Balaban J connectivity index is 1.77. The molecule has 0 aliphatic heterocycles. The lowest BCUT2D eigenvalue weighted by Gasteiger charge is -2.15. The molecule has 0 saturated heterocycles. The minimum Gasteiger partial charge on any atom is -0.448 e. The van der Waals surface area contributed by atoms with E-state index in [0.717, 1.165) is 10.2 Å². The van der Waals surface area contributed by atoms with Crippen molar-refractivity contribution in [2.24, 2.45) is 0 Å². The number of nitrogens with zero attached hydrogens (tertiary/aromatic N) is 2. The van der Waals surface area contributed by atoms with Gasteiger partial charge in [-0.05, 0) is 18.6 Å². The summed E-state index contributed by atoms with van der Waals surface area (Å²) in [6.45, 7) is 1.41. The number of esters is 1. The number of hydrogen-bond acceptors (Lipinski definition) is 6. The van der Waals surface area contributed by atoms with E-state index in [2.05, 4.69) is 10.4 Å². The maximum atomic E-state index is 12.7. The Morgan fingerprint density at radius 2 is 1.76 bits per heavy atom. The molecule has 8 nitrogen and oxygen atoms in total. The van der Waals surface area contributed by atoms with Gasteiger partial charge in [-0.25, -0.2) is 9.48 Å². The number of aliphatic hydroxyl groups is 1. The van der Waals surface area contributed by atoms with Gasteiger partial charge >= 0.3 is 5.97 Å². The summed E-state index contributed by atoms with van der Waals surface area (Å²) in [6, 6.07) is 15.8. The molecule has 0 fully saturated rings. The highest BCUT2D eigenvalue weighted by molar-refractivity contribution is 6.02. The van der Waals surface area contributed by atoms with E-state index in [9.17, 15) is 14.4 Å². The summed E-state index contributed by atoms with van der Waals surface area (Å²) >= 11 is 0. The van der Waals surface area contributed by atoms with Crippen molar-refractivity contribution >= 4 is 22.6 Å². The first-order valence-electron chi connectivity index (χ1n) is 9.14. The van der Waals surface area contributed by atoms with Crippen LogP contribution in [0, 0.1) is 0 Å². The highest BCUT2D eigenvalue weighted by Crippen LogP contribution is 2.15. The summed E-state index contributed by atoms with van der Waals surface area (Å²) in [6.07, 6.45) is -1.05. The topological polar surface area (TPSA) is 111 Å². The van der Waals surface area contributed by atoms with Gasteiger partial charge in [-0.15, -0.1) is 0 Å². The van der Waals surface area contributed by atoms with Crippen molar-refractivity contribution in [1.29, 1.82) is 0 Å². The minimum atomic E-state index is -1.05. The number of aliphatic hydroxyl groups excluding tert-OH is 1. The van der Waals surface area contributed by atoms with Crippen molar-refractivity contribution in [3.05, 3.63) is 76.2 Å². The van der Waals surface area contributed by atoms with Crippen molar-refractivity contribution in [3.8, 4) is 0 Å². The second-order valence-corrected chi connectivity index (χ2v) is 6.40. The first-order valence-corrected chi connectivity index (χ1v) is 9.14. The molecule has 1 atom stereocenters. The lowest BCUT2D eigenvalue weighted by atomic mass is 10.1. The monoisotopic (exact) mass is 395 g/mol. The molecule has 1 heterocycles. The molecule has 0 aliphatic rings. The van der Waals surface area contributed by atoms with E-state index >= 15 is 0 Å². The van der Waals surface area contributed by atoms with Crippen LogP contribution in [0.4, 0.5) is 0 Å². The highest BCUT2D eigenvalue weighted by Gasteiger charge is 2.23. The molecule has 2 N–H and O–H groups in total. The molecule has 150 valence electrons. The predicted octanol–water partition coefficient (Wildman–Crippen LogP) is 1.25. The second kappa shape index (κ2) is 9.11. The van der Waals surface area contributed by atoms with Crippen LogP contribution < -0.4 is 10.9 Å². The highest BCUT2D eigenvalue weighted by atomic mass is 16.5. The standard InChI is InChI=1S/C21H21N3O5/c1-14(19(26)22-13-15-7-3-2-4-8-15)29-21(28)18-16-9-5-6-10-17(16)20(27)24(23-18)11-12-25/h2-10,14,25H,11-13H2,1H3,(H,22,26)/t14-/m1/s1. The third-order valence-electron chi connectivity index (χ3n) is 4.34. The molecule has 8 heteroatoms. The average molecular weight is 395 g/mol. The lowest BCUT2D eigenvalue weighted by Crippen LogP contribution is -2.36. The van der Waals surface area contributed by atoms with E-state index in [1.54, 1.807) is 24.3 Å².